The van der Waals surface area contributed by atoms with Crippen LogP contribution in [0, 0.1) is 5.82 Å². The summed E-state index contributed by atoms with van der Waals surface area (Å²) < 4.78 is 42.5. The zero-order valence-electron chi connectivity index (χ0n) is 18.2. The molecule has 2 amide bonds. The minimum atomic E-state index is -3.80. The molecule has 0 bridgehead atoms. The molecule has 1 aliphatic rings. The SMILES string of the molecule is O=C(NCc1cccnc1)c1ccc(N2CC=C(NS(=O)(=O)CCc3ccc(Cl)s3)C2=O)c(F)c1. The molecule has 4 rings (SSSR count). The van der Waals surface area contributed by atoms with Crippen molar-refractivity contribution in [2.75, 3.05) is 17.2 Å². The molecular weight excluding hydrogens is 515 g/mol. The van der Waals surface area contributed by atoms with Gasteiger partial charge in [-0.05, 0) is 54.5 Å². The Morgan fingerprint density at radius 1 is 1.23 bits per heavy atom. The van der Waals surface area contributed by atoms with Crippen LogP contribution in [0.4, 0.5) is 10.1 Å². The van der Waals surface area contributed by atoms with Crippen LogP contribution in [0.3, 0.4) is 0 Å². The number of carbonyl (C=O) groups is 2. The van der Waals surface area contributed by atoms with Crippen molar-refractivity contribution < 1.29 is 22.4 Å². The number of thiophene rings is 1. The third kappa shape index (κ3) is 6.24. The molecule has 1 aliphatic heterocycles. The van der Waals surface area contributed by atoms with Gasteiger partial charge in [0, 0.05) is 35.9 Å². The van der Waals surface area contributed by atoms with Crippen molar-refractivity contribution in [2.24, 2.45) is 0 Å². The summed E-state index contributed by atoms with van der Waals surface area (Å²) in [4.78, 5) is 31.0. The number of nitrogens with zero attached hydrogens (tertiary/aromatic N) is 2. The van der Waals surface area contributed by atoms with Gasteiger partial charge in [0.05, 0.1) is 15.8 Å². The number of aryl methyl sites for hydroxylation is 1. The lowest BCUT2D eigenvalue weighted by Crippen LogP contribution is -2.35. The molecule has 0 unspecified atom stereocenters. The molecular formula is C23H20ClFN4O4S2. The van der Waals surface area contributed by atoms with E-state index in [1.807, 2.05) is 0 Å². The summed E-state index contributed by atoms with van der Waals surface area (Å²) in [5.74, 6) is -2.17. The smallest absolute Gasteiger partial charge is 0.275 e. The largest absolute Gasteiger partial charge is 0.348 e. The van der Waals surface area contributed by atoms with E-state index in [1.165, 1.54) is 29.5 Å². The van der Waals surface area contributed by atoms with Gasteiger partial charge in [-0.15, -0.1) is 11.3 Å². The highest BCUT2D eigenvalue weighted by atomic mass is 35.5. The first-order valence-corrected chi connectivity index (χ1v) is 13.3. The zero-order valence-corrected chi connectivity index (χ0v) is 20.6. The maximum absolute atomic E-state index is 14.8. The molecule has 0 radical (unpaired) electrons. The zero-order chi connectivity index (χ0) is 25.0. The van der Waals surface area contributed by atoms with Gasteiger partial charge in [-0.2, -0.15) is 0 Å². The summed E-state index contributed by atoms with van der Waals surface area (Å²) in [6, 6.07) is 10.7. The van der Waals surface area contributed by atoms with Gasteiger partial charge < -0.3 is 10.2 Å². The lowest BCUT2D eigenvalue weighted by molar-refractivity contribution is -0.114. The second-order valence-corrected chi connectivity index (χ2v) is 11.3. The standard InChI is InChI=1S/C23H20ClFN4O4S2/c24-21-6-4-17(34-21)8-11-35(32,33)28-19-7-10-29(23(19)31)20-5-3-16(12-18(20)25)22(30)27-14-15-2-1-9-26-13-15/h1-7,9,12-13,28H,8,10-11,14H2,(H,27,30). The number of hydrogen-bond acceptors (Lipinski definition) is 6. The third-order valence-corrected chi connectivity index (χ3v) is 7.71. The normalized spacial score (nSPS) is 13.6. The third-order valence-electron chi connectivity index (χ3n) is 5.14. The van der Waals surface area contributed by atoms with Crippen LogP contribution in [-0.2, 0) is 27.8 Å². The number of sulfonamides is 1. The van der Waals surface area contributed by atoms with Crippen molar-refractivity contribution in [3.63, 3.8) is 0 Å². The molecule has 8 nitrogen and oxygen atoms in total. The molecule has 35 heavy (non-hydrogen) atoms. The summed E-state index contributed by atoms with van der Waals surface area (Å²) >= 11 is 7.15. The Balaban J connectivity index is 1.36. The van der Waals surface area contributed by atoms with Crippen molar-refractivity contribution in [3.8, 4) is 0 Å². The van der Waals surface area contributed by atoms with Crippen molar-refractivity contribution in [1.82, 2.24) is 15.0 Å². The summed E-state index contributed by atoms with van der Waals surface area (Å²) in [5.41, 5.74) is 0.676. The average Bonchev–Trinajstić information content (AvgIpc) is 3.42. The van der Waals surface area contributed by atoms with Crippen LogP contribution in [-0.4, -0.2) is 37.5 Å². The maximum Gasteiger partial charge on any atom is 0.275 e. The van der Waals surface area contributed by atoms with E-state index < -0.39 is 27.7 Å². The molecule has 182 valence electrons. The van der Waals surface area contributed by atoms with Crippen LogP contribution in [0.1, 0.15) is 20.8 Å². The minimum Gasteiger partial charge on any atom is -0.348 e. The van der Waals surface area contributed by atoms with Crippen molar-refractivity contribution >= 4 is 50.5 Å². The predicted molar refractivity (Wildman–Crippen MR) is 132 cm³/mol. The van der Waals surface area contributed by atoms with E-state index in [4.69, 9.17) is 11.6 Å². The van der Waals surface area contributed by atoms with Gasteiger partial charge in [-0.25, -0.2) is 12.8 Å². The highest BCUT2D eigenvalue weighted by Crippen LogP contribution is 2.26. The van der Waals surface area contributed by atoms with Gasteiger partial charge in [0.2, 0.25) is 10.0 Å². The van der Waals surface area contributed by atoms with E-state index in [0.29, 0.717) is 4.34 Å². The lowest BCUT2D eigenvalue weighted by atomic mass is 10.1. The number of benzene rings is 1. The van der Waals surface area contributed by atoms with E-state index in [1.54, 1.807) is 36.7 Å². The Morgan fingerprint density at radius 2 is 2.06 bits per heavy atom. The molecule has 2 aromatic heterocycles. The maximum atomic E-state index is 14.8. The van der Waals surface area contributed by atoms with Crippen LogP contribution in [0.25, 0.3) is 0 Å². The Hall–Kier alpha value is -3.28. The fraction of sp³-hybridized carbons (Fsp3) is 0.174. The van der Waals surface area contributed by atoms with E-state index in [2.05, 4.69) is 15.0 Å². The Bertz CT molecular complexity index is 1390. The van der Waals surface area contributed by atoms with Gasteiger partial charge in [0.1, 0.15) is 11.5 Å². The van der Waals surface area contributed by atoms with Gasteiger partial charge in [-0.3, -0.25) is 19.3 Å². The van der Waals surface area contributed by atoms with Crippen molar-refractivity contribution in [2.45, 2.75) is 13.0 Å². The van der Waals surface area contributed by atoms with Gasteiger partial charge >= 0.3 is 0 Å². The molecule has 0 saturated carbocycles. The van der Waals surface area contributed by atoms with Crippen molar-refractivity contribution in [3.05, 3.63) is 92.8 Å². The molecule has 1 aromatic carbocycles. The van der Waals surface area contributed by atoms with Crippen LogP contribution in [0.2, 0.25) is 4.34 Å². The second-order valence-electron chi connectivity index (χ2n) is 7.62. The molecule has 0 atom stereocenters. The highest BCUT2D eigenvalue weighted by Gasteiger charge is 2.30. The first-order chi connectivity index (χ1) is 16.7. The average molecular weight is 535 g/mol. The Morgan fingerprint density at radius 3 is 2.74 bits per heavy atom. The molecule has 3 aromatic rings. The molecule has 3 heterocycles. The second kappa shape index (κ2) is 10.5. The minimum absolute atomic E-state index is 0.0132. The summed E-state index contributed by atoms with van der Waals surface area (Å²) in [7, 11) is -3.80. The topological polar surface area (TPSA) is 108 Å². The van der Waals surface area contributed by atoms with Gasteiger partial charge in [0.25, 0.3) is 11.8 Å². The number of halogens is 2. The summed E-state index contributed by atoms with van der Waals surface area (Å²) in [6.07, 6.45) is 4.86. The monoisotopic (exact) mass is 534 g/mol. The first kappa shape index (κ1) is 24.8. The van der Waals surface area contributed by atoms with Gasteiger partial charge in [-0.1, -0.05) is 17.7 Å². The number of rotatable bonds is 9. The quantitative estimate of drug-likeness (QED) is 0.438. The van der Waals surface area contributed by atoms with Crippen LogP contribution >= 0.6 is 22.9 Å². The van der Waals surface area contributed by atoms with E-state index in [-0.39, 0.29) is 42.2 Å². The Kier molecular flexibility index (Phi) is 7.48. The fourth-order valence-electron chi connectivity index (χ4n) is 3.39. The Labute approximate surface area is 210 Å². The highest BCUT2D eigenvalue weighted by molar-refractivity contribution is 7.89. The number of carbonyl (C=O) groups excluding carboxylic acids is 2. The first-order valence-electron chi connectivity index (χ1n) is 10.5. The van der Waals surface area contributed by atoms with Crippen LogP contribution in [0.5, 0.6) is 0 Å². The number of aromatic nitrogens is 1. The number of amides is 2. The van der Waals surface area contributed by atoms with E-state index in [9.17, 15) is 22.4 Å². The summed E-state index contributed by atoms with van der Waals surface area (Å²) in [6.45, 7) is 0.217. The molecule has 0 aliphatic carbocycles. The number of anilines is 1. The van der Waals surface area contributed by atoms with Crippen LogP contribution in [0.15, 0.2) is 66.6 Å². The van der Waals surface area contributed by atoms with E-state index in [0.717, 1.165) is 21.4 Å². The van der Waals surface area contributed by atoms with Crippen LogP contribution < -0.4 is 14.9 Å². The van der Waals surface area contributed by atoms with E-state index >= 15 is 0 Å². The molecule has 0 spiro atoms. The van der Waals surface area contributed by atoms with Gasteiger partial charge in [0.15, 0.2) is 0 Å². The fourth-order valence-corrected chi connectivity index (χ4v) is 5.70. The number of pyridine rings is 1. The molecule has 0 fully saturated rings. The molecule has 2 N–H and O–H groups in total. The predicted octanol–water partition coefficient (Wildman–Crippen LogP) is 3.26. The molecule has 12 heteroatoms. The number of hydrogen-bond donors (Lipinski definition) is 2. The summed E-state index contributed by atoms with van der Waals surface area (Å²) in [5, 5.41) is 2.68. The number of nitrogens with one attached hydrogen (secondary N) is 2. The molecule has 0 saturated heterocycles. The lowest BCUT2D eigenvalue weighted by Gasteiger charge is -2.18. The van der Waals surface area contributed by atoms with Crippen molar-refractivity contribution in [1.29, 1.82) is 0 Å².